The summed E-state index contributed by atoms with van der Waals surface area (Å²) in [5, 5.41) is 3.02. The summed E-state index contributed by atoms with van der Waals surface area (Å²) in [6.45, 7) is 0.0250. The van der Waals surface area contributed by atoms with Crippen LogP contribution < -0.4 is 19.5 Å². The minimum absolute atomic E-state index is 0.0250. The molecule has 7 nitrogen and oxygen atoms in total. The van der Waals surface area contributed by atoms with Gasteiger partial charge in [-0.3, -0.25) is 4.79 Å². The van der Waals surface area contributed by atoms with Crippen molar-refractivity contribution in [3.8, 4) is 17.5 Å². The number of nitrogens with zero attached hydrogens (tertiary/aromatic N) is 2. The van der Waals surface area contributed by atoms with Crippen LogP contribution in [0.2, 0.25) is 0 Å². The standard InChI is InChI=1S/C19H23N3O4/c1-24-18-19(21-12-11-20-18)26-16-9-7-14(8-10-16)22-17(23)13-25-15-5-3-2-4-6-15/h2-6,11-12,14,16H,7-10,13H2,1H3,(H,22,23). The summed E-state index contributed by atoms with van der Waals surface area (Å²) in [5.74, 6) is 1.39. The Morgan fingerprint density at radius 2 is 1.77 bits per heavy atom. The van der Waals surface area contributed by atoms with Crippen LogP contribution >= 0.6 is 0 Å². The van der Waals surface area contributed by atoms with Crippen LogP contribution in [0.1, 0.15) is 25.7 Å². The number of carbonyl (C=O) groups is 1. The van der Waals surface area contributed by atoms with E-state index in [0.717, 1.165) is 25.7 Å². The van der Waals surface area contributed by atoms with Gasteiger partial charge in [0.25, 0.3) is 17.7 Å². The Morgan fingerprint density at radius 3 is 2.46 bits per heavy atom. The van der Waals surface area contributed by atoms with Crippen LogP contribution in [0.4, 0.5) is 0 Å². The second-order valence-corrected chi connectivity index (χ2v) is 6.13. The zero-order valence-corrected chi connectivity index (χ0v) is 14.8. The Hall–Kier alpha value is -2.83. The number of para-hydroxylation sites is 1. The van der Waals surface area contributed by atoms with Crippen molar-refractivity contribution in [1.29, 1.82) is 0 Å². The molecular formula is C19H23N3O4. The molecule has 2 aromatic rings. The van der Waals surface area contributed by atoms with E-state index in [9.17, 15) is 4.79 Å². The molecule has 7 heteroatoms. The number of hydrogen-bond acceptors (Lipinski definition) is 6. The van der Waals surface area contributed by atoms with Gasteiger partial charge in [0.05, 0.1) is 7.11 Å². The number of ether oxygens (including phenoxy) is 3. The maximum Gasteiger partial charge on any atom is 0.278 e. The molecule has 1 fully saturated rings. The van der Waals surface area contributed by atoms with Crippen molar-refractivity contribution < 1.29 is 19.0 Å². The van der Waals surface area contributed by atoms with Crippen molar-refractivity contribution in [2.45, 2.75) is 37.8 Å². The summed E-state index contributed by atoms with van der Waals surface area (Å²) in [5.41, 5.74) is 0. The van der Waals surface area contributed by atoms with Gasteiger partial charge < -0.3 is 19.5 Å². The van der Waals surface area contributed by atoms with Gasteiger partial charge >= 0.3 is 0 Å². The van der Waals surface area contributed by atoms with Crippen LogP contribution in [0, 0.1) is 0 Å². The lowest BCUT2D eigenvalue weighted by atomic mass is 9.93. The van der Waals surface area contributed by atoms with Gasteiger partial charge in [0, 0.05) is 18.4 Å². The third-order valence-electron chi connectivity index (χ3n) is 4.26. The van der Waals surface area contributed by atoms with Gasteiger partial charge in [-0.15, -0.1) is 0 Å². The Labute approximate surface area is 152 Å². The smallest absolute Gasteiger partial charge is 0.278 e. The summed E-state index contributed by atoms with van der Waals surface area (Å²) >= 11 is 0. The summed E-state index contributed by atoms with van der Waals surface area (Å²) in [4.78, 5) is 20.3. The molecule has 0 aliphatic heterocycles. The molecule has 0 unspecified atom stereocenters. The van der Waals surface area contributed by atoms with Crippen LogP contribution in [0.15, 0.2) is 42.7 Å². The van der Waals surface area contributed by atoms with Crippen LogP contribution in [-0.2, 0) is 4.79 Å². The van der Waals surface area contributed by atoms with E-state index in [1.54, 1.807) is 19.5 Å². The SMILES string of the molecule is COc1nccnc1OC1CCC(NC(=O)COc2ccccc2)CC1. The van der Waals surface area contributed by atoms with Crippen LogP contribution in [0.3, 0.4) is 0 Å². The minimum Gasteiger partial charge on any atom is -0.484 e. The Morgan fingerprint density at radius 1 is 1.08 bits per heavy atom. The maximum atomic E-state index is 12.0. The number of methoxy groups -OCH3 is 1. The van der Waals surface area contributed by atoms with E-state index in [1.165, 1.54) is 0 Å². The molecule has 0 saturated heterocycles. The van der Waals surface area contributed by atoms with Crippen LogP contribution in [0.25, 0.3) is 0 Å². The summed E-state index contributed by atoms with van der Waals surface area (Å²) < 4.78 is 16.5. The third kappa shape index (κ3) is 5.08. The molecule has 1 saturated carbocycles. The number of amides is 1. The van der Waals surface area contributed by atoms with Gasteiger partial charge in [0.2, 0.25) is 0 Å². The number of benzene rings is 1. The lowest BCUT2D eigenvalue weighted by Crippen LogP contribution is -2.41. The van der Waals surface area contributed by atoms with E-state index >= 15 is 0 Å². The van der Waals surface area contributed by atoms with Crippen molar-refractivity contribution in [3.05, 3.63) is 42.7 Å². The Balaban J connectivity index is 1.40. The topological polar surface area (TPSA) is 82.6 Å². The average molecular weight is 357 g/mol. The quantitative estimate of drug-likeness (QED) is 0.819. The number of rotatable bonds is 7. The van der Waals surface area contributed by atoms with Gasteiger partial charge in [0.15, 0.2) is 6.61 Å². The first-order chi connectivity index (χ1) is 12.7. The van der Waals surface area contributed by atoms with Crippen molar-refractivity contribution in [2.24, 2.45) is 0 Å². The highest BCUT2D eigenvalue weighted by molar-refractivity contribution is 5.77. The Bertz CT molecular complexity index is 703. The zero-order valence-electron chi connectivity index (χ0n) is 14.8. The second-order valence-electron chi connectivity index (χ2n) is 6.13. The van der Waals surface area contributed by atoms with E-state index in [0.29, 0.717) is 17.5 Å². The lowest BCUT2D eigenvalue weighted by molar-refractivity contribution is -0.124. The highest BCUT2D eigenvalue weighted by atomic mass is 16.5. The summed E-state index contributed by atoms with van der Waals surface area (Å²) in [7, 11) is 1.54. The van der Waals surface area contributed by atoms with Gasteiger partial charge in [-0.2, -0.15) is 0 Å². The second kappa shape index (κ2) is 9.03. The van der Waals surface area contributed by atoms with E-state index in [-0.39, 0.29) is 24.7 Å². The highest BCUT2D eigenvalue weighted by Gasteiger charge is 2.25. The Kier molecular flexibility index (Phi) is 6.24. The molecule has 1 aromatic heterocycles. The first kappa shape index (κ1) is 18.0. The molecule has 1 aliphatic carbocycles. The lowest BCUT2D eigenvalue weighted by Gasteiger charge is -2.29. The molecule has 0 spiro atoms. The monoisotopic (exact) mass is 357 g/mol. The van der Waals surface area contributed by atoms with E-state index < -0.39 is 0 Å². The van der Waals surface area contributed by atoms with Crippen LogP contribution in [0.5, 0.6) is 17.5 Å². The number of aromatic nitrogens is 2. The predicted octanol–water partition coefficient (Wildman–Crippen LogP) is 2.37. The molecule has 1 aliphatic rings. The molecule has 0 bridgehead atoms. The first-order valence-corrected chi connectivity index (χ1v) is 8.73. The predicted molar refractivity (Wildman–Crippen MR) is 95.3 cm³/mol. The fourth-order valence-corrected chi connectivity index (χ4v) is 2.95. The zero-order chi connectivity index (χ0) is 18.2. The molecular weight excluding hydrogens is 334 g/mol. The third-order valence-corrected chi connectivity index (χ3v) is 4.26. The maximum absolute atomic E-state index is 12.0. The van der Waals surface area contributed by atoms with Crippen LogP contribution in [-0.4, -0.2) is 41.7 Å². The summed E-state index contributed by atoms with van der Waals surface area (Å²) in [6.07, 6.45) is 6.57. The van der Waals surface area contributed by atoms with Crippen molar-refractivity contribution in [1.82, 2.24) is 15.3 Å². The molecule has 138 valence electrons. The largest absolute Gasteiger partial charge is 0.484 e. The molecule has 1 N–H and O–H groups in total. The normalized spacial score (nSPS) is 19.4. The average Bonchev–Trinajstić information content (AvgIpc) is 2.69. The minimum atomic E-state index is -0.103. The summed E-state index contributed by atoms with van der Waals surface area (Å²) in [6, 6.07) is 9.46. The molecule has 0 atom stereocenters. The molecule has 1 aromatic carbocycles. The van der Waals surface area contributed by atoms with Gasteiger partial charge in [-0.1, -0.05) is 18.2 Å². The molecule has 26 heavy (non-hydrogen) atoms. The van der Waals surface area contributed by atoms with Gasteiger partial charge in [-0.05, 0) is 37.8 Å². The van der Waals surface area contributed by atoms with E-state index in [2.05, 4.69) is 15.3 Å². The van der Waals surface area contributed by atoms with Gasteiger partial charge in [0.1, 0.15) is 11.9 Å². The molecule has 0 radical (unpaired) electrons. The van der Waals surface area contributed by atoms with E-state index in [4.69, 9.17) is 14.2 Å². The molecule has 1 amide bonds. The van der Waals surface area contributed by atoms with Gasteiger partial charge in [-0.25, -0.2) is 9.97 Å². The first-order valence-electron chi connectivity index (χ1n) is 8.73. The number of nitrogens with one attached hydrogen (secondary N) is 1. The fraction of sp³-hybridized carbons (Fsp3) is 0.421. The molecule has 3 rings (SSSR count). The number of carbonyl (C=O) groups excluding carboxylic acids is 1. The fourth-order valence-electron chi connectivity index (χ4n) is 2.95. The van der Waals surface area contributed by atoms with Crippen molar-refractivity contribution >= 4 is 5.91 Å². The molecule has 1 heterocycles. The van der Waals surface area contributed by atoms with E-state index in [1.807, 2.05) is 30.3 Å². The van der Waals surface area contributed by atoms with Crippen molar-refractivity contribution in [2.75, 3.05) is 13.7 Å². The number of hydrogen-bond donors (Lipinski definition) is 1. The highest BCUT2D eigenvalue weighted by Crippen LogP contribution is 2.27. The van der Waals surface area contributed by atoms with Crippen molar-refractivity contribution in [3.63, 3.8) is 0 Å².